The molecule has 0 saturated carbocycles. The molecular formula is C25H33N5O3. The van der Waals surface area contributed by atoms with Crippen LogP contribution in [-0.4, -0.2) is 58.0 Å². The molecule has 1 unspecified atom stereocenters. The van der Waals surface area contributed by atoms with Gasteiger partial charge in [0.25, 0.3) is 5.91 Å². The van der Waals surface area contributed by atoms with Crippen LogP contribution in [0.5, 0.6) is 11.5 Å². The lowest BCUT2D eigenvalue weighted by Crippen LogP contribution is -2.35. The number of aromatic nitrogens is 2. The van der Waals surface area contributed by atoms with Crippen LogP contribution in [0.15, 0.2) is 29.2 Å². The van der Waals surface area contributed by atoms with Crippen molar-refractivity contribution in [1.82, 2.24) is 19.4 Å². The molecule has 1 amide bonds. The van der Waals surface area contributed by atoms with Crippen molar-refractivity contribution in [2.24, 2.45) is 0 Å². The number of hydrogen-bond acceptors (Lipinski definition) is 6. The highest BCUT2D eigenvalue weighted by molar-refractivity contribution is 5.96. The number of carbonyl (C=O) groups is 1. The number of anilines is 2. The van der Waals surface area contributed by atoms with Gasteiger partial charge in [-0.05, 0) is 76.2 Å². The highest BCUT2D eigenvalue weighted by Gasteiger charge is 2.26. The predicted molar refractivity (Wildman–Crippen MR) is 128 cm³/mol. The van der Waals surface area contributed by atoms with E-state index in [1.54, 1.807) is 16.8 Å². The SMILES string of the molecule is CCCN1CCCC(n2cc3c(nc2=O)Nc2cc(C(=O)N4CCCCC4)ccc2O3)CC1. The van der Waals surface area contributed by atoms with E-state index in [4.69, 9.17) is 4.74 Å². The highest BCUT2D eigenvalue weighted by Crippen LogP contribution is 2.41. The first-order chi connectivity index (χ1) is 16.1. The van der Waals surface area contributed by atoms with Crippen LogP contribution < -0.4 is 15.7 Å². The Balaban J connectivity index is 1.34. The summed E-state index contributed by atoms with van der Waals surface area (Å²) in [5.74, 6) is 1.64. The zero-order valence-electron chi connectivity index (χ0n) is 19.4. The second-order valence-electron chi connectivity index (χ2n) is 9.36. The molecule has 4 heterocycles. The summed E-state index contributed by atoms with van der Waals surface area (Å²) < 4.78 is 7.86. The summed E-state index contributed by atoms with van der Waals surface area (Å²) in [6.45, 7) is 7.01. The molecule has 0 aliphatic carbocycles. The third kappa shape index (κ3) is 4.62. The highest BCUT2D eigenvalue weighted by atomic mass is 16.5. The van der Waals surface area contributed by atoms with E-state index in [2.05, 4.69) is 22.1 Å². The molecular weight excluding hydrogens is 418 g/mol. The number of likely N-dealkylation sites (tertiary alicyclic amines) is 2. The van der Waals surface area contributed by atoms with E-state index in [1.165, 1.54) is 6.42 Å². The molecule has 2 saturated heterocycles. The van der Waals surface area contributed by atoms with Gasteiger partial charge >= 0.3 is 5.69 Å². The summed E-state index contributed by atoms with van der Waals surface area (Å²) in [5.41, 5.74) is 1.03. The van der Waals surface area contributed by atoms with Gasteiger partial charge in [0.15, 0.2) is 17.3 Å². The average Bonchev–Trinajstić information content (AvgIpc) is 3.08. The van der Waals surface area contributed by atoms with Gasteiger partial charge in [0.05, 0.1) is 11.9 Å². The topological polar surface area (TPSA) is 79.7 Å². The predicted octanol–water partition coefficient (Wildman–Crippen LogP) is 4.16. The minimum atomic E-state index is -0.261. The molecule has 1 atom stereocenters. The largest absolute Gasteiger partial charge is 0.450 e. The maximum Gasteiger partial charge on any atom is 0.350 e. The number of rotatable bonds is 4. The maximum atomic E-state index is 12.9. The lowest BCUT2D eigenvalue weighted by molar-refractivity contribution is 0.0724. The van der Waals surface area contributed by atoms with Crippen molar-refractivity contribution < 1.29 is 9.53 Å². The quantitative estimate of drug-likeness (QED) is 0.642. The van der Waals surface area contributed by atoms with Crippen LogP contribution in [0.3, 0.4) is 0 Å². The molecule has 0 spiro atoms. The standard InChI is InChI=1S/C25H33N5O3/c1-2-11-28-12-6-7-19(10-15-28)30-17-22-23(27-25(30)32)26-20-16-18(8-9-21(20)33-22)24(31)29-13-4-3-5-14-29/h8-9,16-17,19H,2-7,10-15H2,1H3,(H,26,27,32). The van der Waals surface area contributed by atoms with Crippen LogP contribution in [0.1, 0.15) is 68.3 Å². The Morgan fingerprint density at radius 3 is 2.76 bits per heavy atom. The molecule has 5 rings (SSSR count). The number of fused-ring (bicyclic) bond motifs is 2. The number of carbonyl (C=O) groups excluding carboxylic acids is 1. The monoisotopic (exact) mass is 451 g/mol. The van der Waals surface area contributed by atoms with E-state index in [0.717, 1.165) is 71.2 Å². The van der Waals surface area contributed by atoms with Crippen LogP contribution in [0.4, 0.5) is 11.5 Å². The molecule has 8 heteroatoms. The molecule has 1 N–H and O–H groups in total. The summed E-state index contributed by atoms with van der Waals surface area (Å²) in [7, 11) is 0. The second kappa shape index (κ2) is 9.55. The average molecular weight is 452 g/mol. The van der Waals surface area contributed by atoms with Crippen molar-refractivity contribution in [2.75, 3.05) is 38.0 Å². The molecule has 0 bridgehead atoms. The van der Waals surface area contributed by atoms with Crippen molar-refractivity contribution in [3.05, 3.63) is 40.4 Å². The summed E-state index contributed by atoms with van der Waals surface area (Å²) in [6, 6.07) is 5.58. The number of nitrogens with zero attached hydrogens (tertiary/aromatic N) is 4. The molecule has 2 aromatic rings. The Morgan fingerprint density at radius 2 is 1.94 bits per heavy atom. The zero-order chi connectivity index (χ0) is 22.8. The molecule has 3 aliphatic rings. The Hall–Kier alpha value is -2.87. The molecule has 8 nitrogen and oxygen atoms in total. The first kappa shape index (κ1) is 21.9. The molecule has 176 valence electrons. The Kier molecular flexibility index (Phi) is 6.35. The normalized spacial score (nSPS) is 20.8. The van der Waals surface area contributed by atoms with Crippen molar-refractivity contribution in [2.45, 2.75) is 57.9 Å². The lowest BCUT2D eigenvalue weighted by atomic mass is 10.1. The summed E-state index contributed by atoms with van der Waals surface area (Å²) in [6.07, 6.45) is 9.21. The third-order valence-corrected chi connectivity index (χ3v) is 6.98. The molecule has 1 aromatic heterocycles. The summed E-state index contributed by atoms with van der Waals surface area (Å²) in [5, 5.41) is 3.22. The number of amides is 1. The van der Waals surface area contributed by atoms with Crippen LogP contribution in [-0.2, 0) is 0 Å². The van der Waals surface area contributed by atoms with Crippen LogP contribution >= 0.6 is 0 Å². The molecule has 33 heavy (non-hydrogen) atoms. The Bertz CT molecular complexity index is 1080. The van der Waals surface area contributed by atoms with E-state index >= 15 is 0 Å². The third-order valence-electron chi connectivity index (χ3n) is 6.98. The van der Waals surface area contributed by atoms with Gasteiger partial charge in [-0.15, -0.1) is 0 Å². The van der Waals surface area contributed by atoms with E-state index in [0.29, 0.717) is 28.6 Å². The van der Waals surface area contributed by atoms with E-state index in [1.807, 2.05) is 17.0 Å². The first-order valence-electron chi connectivity index (χ1n) is 12.4. The number of nitrogens with one attached hydrogen (secondary N) is 1. The molecule has 2 fully saturated rings. The smallest absolute Gasteiger partial charge is 0.350 e. The summed E-state index contributed by atoms with van der Waals surface area (Å²) >= 11 is 0. The zero-order valence-corrected chi connectivity index (χ0v) is 19.4. The maximum absolute atomic E-state index is 12.9. The van der Waals surface area contributed by atoms with Crippen molar-refractivity contribution in [3.63, 3.8) is 0 Å². The fourth-order valence-electron chi connectivity index (χ4n) is 5.21. The van der Waals surface area contributed by atoms with Crippen molar-refractivity contribution in [3.8, 4) is 11.5 Å². The van der Waals surface area contributed by atoms with Gasteiger partial charge in [-0.1, -0.05) is 6.92 Å². The van der Waals surface area contributed by atoms with Gasteiger partial charge in [-0.25, -0.2) is 4.79 Å². The molecule has 1 aromatic carbocycles. The van der Waals surface area contributed by atoms with Crippen molar-refractivity contribution in [1.29, 1.82) is 0 Å². The number of benzene rings is 1. The number of piperidine rings is 1. The van der Waals surface area contributed by atoms with Crippen LogP contribution in [0, 0.1) is 0 Å². The Labute approximate surface area is 194 Å². The van der Waals surface area contributed by atoms with Crippen LogP contribution in [0.2, 0.25) is 0 Å². The van der Waals surface area contributed by atoms with Gasteiger partial charge in [0, 0.05) is 31.2 Å². The number of hydrogen-bond donors (Lipinski definition) is 1. The van der Waals surface area contributed by atoms with Crippen molar-refractivity contribution >= 4 is 17.4 Å². The minimum absolute atomic E-state index is 0.0407. The first-order valence-corrected chi connectivity index (χ1v) is 12.4. The second-order valence-corrected chi connectivity index (χ2v) is 9.36. The van der Waals surface area contributed by atoms with Crippen LogP contribution in [0.25, 0.3) is 0 Å². The van der Waals surface area contributed by atoms with E-state index in [-0.39, 0.29) is 17.6 Å². The van der Waals surface area contributed by atoms with Gasteiger partial charge in [0.2, 0.25) is 0 Å². The van der Waals surface area contributed by atoms with E-state index in [9.17, 15) is 9.59 Å². The van der Waals surface area contributed by atoms with Gasteiger partial charge in [-0.3, -0.25) is 9.36 Å². The fourth-order valence-corrected chi connectivity index (χ4v) is 5.21. The van der Waals surface area contributed by atoms with Gasteiger partial charge in [-0.2, -0.15) is 4.98 Å². The number of ether oxygens (including phenoxy) is 1. The minimum Gasteiger partial charge on any atom is -0.450 e. The Morgan fingerprint density at radius 1 is 1.09 bits per heavy atom. The van der Waals surface area contributed by atoms with E-state index < -0.39 is 0 Å². The molecule has 0 radical (unpaired) electrons. The van der Waals surface area contributed by atoms with Gasteiger partial charge < -0.3 is 19.9 Å². The lowest BCUT2D eigenvalue weighted by Gasteiger charge is -2.28. The molecule has 3 aliphatic heterocycles. The fraction of sp³-hybridized carbons (Fsp3) is 0.560. The van der Waals surface area contributed by atoms with Gasteiger partial charge in [0.1, 0.15) is 0 Å². The summed E-state index contributed by atoms with van der Waals surface area (Å²) in [4.78, 5) is 34.5.